The van der Waals surface area contributed by atoms with Gasteiger partial charge in [0.05, 0.1) is 11.6 Å². The lowest BCUT2D eigenvalue weighted by Crippen LogP contribution is -1.98. The summed E-state index contributed by atoms with van der Waals surface area (Å²) in [5, 5.41) is 8.64. The number of aliphatic hydroxyl groups is 1. The Hall–Kier alpha value is -0.740. The largest absolute Gasteiger partial charge is 0.392 e. The highest BCUT2D eigenvalue weighted by Gasteiger charge is 2.16. The highest BCUT2D eigenvalue weighted by atomic mass is 35.5. The molecule has 1 aromatic heterocycles. The molecule has 1 rings (SSSR count). The maximum atomic E-state index is 12.3. The van der Waals surface area contributed by atoms with Crippen LogP contribution in [0.5, 0.6) is 0 Å². The second kappa shape index (κ2) is 3.98. The van der Waals surface area contributed by atoms with Crippen LogP contribution in [0.4, 0.5) is 8.78 Å². The van der Waals surface area contributed by atoms with Crippen LogP contribution in [0.2, 0.25) is 5.02 Å². The molecule has 13 heavy (non-hydrogen) atoms. The van der Waals surface area contributed by atoms with Crippen molar-refractivity contribution in [1.82, 2.24) is 4.98 Å². The Bertz CT molecular complexity index is 317. The van der Waals surface area contributed by atoms with Gasteiger partial charge in [-0.1, -0.05) is 11.6 Å². The molecule has 0 bridgehead atoms. The van der Waals surface area contributed by atoms with E-state index in [-0.39, 0.29) is 17.2 Å². The SMILES string of the molecule is Cc1cc(CO)c(Cl)c(C(F)F)n1. The molecule has 0 aromatic carbocycles. The molecule has 0 fully saturated rings. The zero-order valence-electron chi connectivity index (χ0n) is 6.89. The summed E-state index contributed by atoms with van der Waals surface area (Å²) in [5.74, 6) is 0. The molecule has 0 spiro atoms. The minimum absolute atomic E-state index is 0.150. The van der Waals surface area contributed by atoms with Crippen LogP contribution in [0, 0.1) is 6.92 Å². The summed E-state index contributed by atoms with van der Waals surface area (Å²) in [6.07, 6.45) is -2.71. The van der Waals surface area contributed by atoms with Crippen molar-refractivity contribution in [2.75, 3.05) is 0 Å². The van der Waals surface area contributed by atoms with E-state index in [1.54, 1.807) is 6.92 Å². The Balaban J connectivity index is 3.27. The van der Waals surface area contributed by atoms with E-state index in [0.29, 0.717) is 5.69 Å². The van der Waals surface area contributed by atoms with Crippen molar-refractivity contribution < 1.29 is 13.9 Å². The molecule has 0 atom stereocenters. The van der Waals surface area contributed by atoms with Crippen LogP contribution in [0.1, 0.15) is 23.4 Å². The smallest absolute Gasteiger partial charge is 0.281 e. The van der Waals surface area contributed by atoms with Crippen LogP contribution < -0.4 is 0 Å². The predicted molar refractivity (Wildman–Crippen MR) is 44.9 cm³/mol. The molecule has 0 saturated heterocycles. The van der Waals surface area contributed by atoms with E-state index in [4.69, 9.17) is 16.7 Å². The third-order valence-electron chi connectivity index (χ3n) is 1.56. The summed E-state index contributed by atoms with van der Waals surface area (Å²) >= 11 is 5.57. The van der Waals surface area contributed by atoms with Crippen molar-refractivity contribution in [3.05, 3.63) is 28.0 Å². The van der Waals surface area contributed by atoms with Gasteiger partial charge in [-0.2, -0.15) is 0 Å². The fourth-order valence-electron chi connectivity index (χ4n) is 1.01. The summed E-state index contributed by atoms with van der Waals surface area (Å²) in [7, 11) is 0. The van der Waals surface area contributed by atoms with Crippen molar-refractivity contribution in [3.63, 3.8) is 0 Å². The number of rotatable bonds is 2. The lowest BCUT2D eigenvalue weighted by Gasteiger charge is -2.07. The number of aliphatic hydroxyl groups excluding tert-OH is 1. The molecule has 1 aromatic rings. The molecule has 0 amide bonds. The van der Waals surface area contributed by atoms with E-state index < -0.39 is 12.1 Å². The molecule has 72 valence electrons. The maximum absolute atomic E-state index is 12.3. The third-order valence-corrected chi connectivity index (χ3v) is 2.00. The average Bonchev–Trinajstić information content (AvgIpc) is 2.08. The first-order valence-electron chi connectivity index (χ1n) is 3.61. The van der Waals surface area contributed by atoms with Crippen LogP contribution in [0.15, 0.2) is 6.07 Å². The lowest BCUT2D eigenvalue weighted by molar-refractivity contribution is 0.145. The normalized spacial score (nSPS) is 10.9. The third kappa shape index (κ3) is 2.14. The Labute approximate surface area is 79.2 Å². The van der Waals surface area contributed by atoms with E-state index in [0.717, 1.165) is 0 Å². The summed E-state index contributed by atoms with van der Waals surface area (Å²) in [5.41, 5.74) is 0.235. The Kier molecular flexibility index (Phi) is 3.17. The van der Waals surface area contributed by atoms with E-state index in [1.807, 2.05) is 0 Å². The van der Waals surface area contributed by atoms with Gasteiger partial charge < -0.3 is 5.11 Å². The van der Waals surface area contributed by atoms with E-state index >= 15 is 0 Å². The lowest BCUT2D eigenvalue weighted by atomic mass is 10.2. The fourth-order valence-corrected chi connectivity index (χ4v) is 1.25. The fraction of sp³-hybridized carbons (Fsp3) is 0.375. The summed E-state index contributed by atoms with van der Waals surface area (Å²) in [6, 6.07) is 1.48. The molecule has 0 aliphatic carbocycles. The first-order valence-corrected chi connectivity index (χ1v) is 3.99. The molecule has 0 unspecified atom stereocenters. The quantitative estimate of drug-likeness (QED) is 0.808. The van der Waals surface area contributed by atoms with Crippen LogP contribution in [-0.4, -0.2) is 10.1 Å². The van der Waals surface area contributed by atoms with Crippen molar-refractivity contribution >= 4 is 11.6 Å². The maximum Gasteiger partial charge on any atom is 0.281 e. The zero-order chi connectivity index (χ0) is 10.0. The number of halogens is 3. The number of hydrogen-bond donors (Lipinski definition) is 1. The number of aromatic nitrogens is 1. The van der Waals surface area contributed by atoms with Crippen LogP contribution in [0.3, 0.4) is 0 Å². The highest BCUT2D eigenvalue weighted by Crippen LogP contribution is 2.28. The van der Waals surface area contributed by atoms with Gasteiger partial charge in [0.2, 0.25) is 0 Å². The molecule has 0 saturated carbocycles. The Morgan fingerprint density at radius 3 is 2.69 bits per heavy atom. The van der Waals surface area contributed by atoms with Crippen molar-refractivity contribution in [3.8, 4) is 0 Å². The summed E-state index contributed by atoms with van der Waals surface area (Å²) in [4.78, 5) is 3.59. The predicted octanol–water partition coefficient (Wildman–Crippen LogP) is 2.47. The molecular weight excluding hydrogens is 200 g/mol. The molecule has 1 N–H and O–H groups in total. The van der Waals surface area contributed by atoms with Crippen LogP contribution >= 0.6 is 11.6 Å². The van der Waals surface area contributed by atoms with Crippen LogP contribution in [-0.2, 0) is 6.61 Å². The molecule has 1 heterocycles. The van der Waals surface area contributed by atoms with Gasteiger partial charge in [0.1, 0.15) is 5.69 Å². The summed E-state index contributed by atoms with van der Waals surface area (Å²) in [6.45, 7) is 1.21. The molecule has 2 nitrogen and oxygen atoms in total. The number of alkyl halides is 2. The highest BCUT2D eigenvalue weighted by molar-refractivity contribution is 6.32. The standard InChI is InChI=1S/C8H8ClF2NO/c1-4-2-5(3-13)6(9)7(12-4)8(10)11/h2,8,13H,3H2,1H3. The Morgan fingerprint density at radius 2 is 2.23 bits per heavy atom. The topological polar surface area (TPSA) is 33.1 Å². The zero-order valence-corrected chi connectivity index (χ0v) is 7.65. The second-order valence-electron chi connectivity index (χ2n) is 2.58. The summed E-state index contributed by atoms with van der Waals surface area (Å²) < 4.78 is 24.6. The minimum Gasteiger partial charge on any atom is -0.392 e. The van der Waals surface area contributed by atoms with Gasteiger partial charge in [0, 0.05) is 5.69 Å². The average molecular weight is 208 g/mol. The van der Waals surface area contributed by atoms with Gasteiger partial charge in [-0.05, 0) is 18.6 Å². The van der Waals surface area contributed by atoms with E-state index in [2.05, 4.69) is 4.98 Å². The molecule has 0 aliphatic rings. The number of aryl methyl sites for hydroxylation is 1. The van der Waals surface area contributed by atoms with Crippen molar-refractivity contribution in [2.24, 2.45) is 0 Å². The van der Waals surface area contributed by atoms with Gasteiger partial charge >= 0.3 is 0 Å². The molecule has 0 radical (unpaired) electrons. The van der Waals surface area contributed by atoms with Crippen molar-refractivity contribution in [2.45, 2.75) is 20.0 Å². The van der Waals surface area contributed by atoms with Gasteiger partial charge in [0.15, 0.2) is 0 Å². The van der Waals surface area contributed by atoms with E-state index in [9.17, 15) is 8.78 Å². The number of hydrogen-bond acceptors (Lipinski definition) is 2. The van der Waals surface area contributed by atoms with Crippen LogP contribution in [0.25, 0.3) is 0 Å². The second-order valence-corrected chi connectivity index (χ2v) is 2.96. The van der Waals surface area contributed by atoms with Gasteiger partial charge in [-0.15, -0.1) is 0 Å². The molecule has 5 heteroatoms. The first-order chi connectivity index (χ1) is 6.06. The number of nitrogens with zero attached hydrogens (tertiary/aromatic N) is 1. The van der Waals surface area contributed by atoms with Crippen molar-refractivity contribution in [1.29, 1.82) is 0 Å². The van der Waals surface area contributed by atoms with Gasteiger partial charge in [-0.3, -0.25) is 4.98 Å². The first kappa shape index (κ1) is 10.3. The Morgan fingerprint density at radius 1 is 1.62 bits per heavy atom. The van der Waals surface area contributed by atoms with E-state index in [1.165, 1.54) is 6.07 Å². The minimum atomic E-state index is -2.71. The molecule has 0 aliphatic heterocycles. The van der Waals surface area contributed by atoms with Gasteiger partial charge in [0.25, 0.3) is 6.43 Å². The number of pyridine rings is 1. The van der Waals surface area contributed by atoms with Gasteiger partial charge in [-0.25, -0.2) is 8.78 Å². The molecular formula is C8H8ClF2NO. The monoisotopic (exact) mass is 207 g/mol.